The number of piperidine rings is 1. The predicted octanol–water partition coefficient (Wildman–Crippen LogP) is 3.97. The molecule has 0 amide bonds. The molecule has 3 aromatic rings. The van der Waals surface area contributed by atoms with E-state index in [4.69, 9.17) is 0 Å². The van der Waals surface area contributed by atoms with E-state index >= 15 is 0 Å². The highest BCUT2D eigenvalue weighted by molar-refractivity contribution is 5.33. The lowest BCUT2D eigenvalue weighted by molar-refractivity contribution is 0.143. The van der Waals surface area contributed by atoms with Gasteiger partial charge in [-0.2, -0.15) is 10.1 Å². The van der Waals surface area contributed by atoms with Gasteiger partial charge in [-0.3, -0.25) is 4.90 Å². The van der Waals surface area contributed by atoms with E-state index in [9.17, 15) is 17.6 Å². The summed E-state index contributed by atoms with van der Waals surface area (Å²) >= 11 is 0. The Morgan fingerprint density at radius 2 is 2.00 bits per heavy atom. The smallest absolute Gasteiger partial charge is 0.280 e. The van der Waals surface area contributed by atoms with Gasteiger partial charge in [-0.05, 0) is 42.6 Å². The van der Waals surface area contributed by atoms with Crippen molar-refractivity contribution < 1.29 is 17.6 Å². The van der Waals surface area contributed by atoms with E-state index in [1.807, 2.05) is 0 Å². The monoisotopic (exact) mass is 393 g/mol. The van der Waals surface area contributed by atoms with Gasteiger partial charge < -0.3 is 0 Å². The van der Waals surface area contributed by atoms with Gasteiger partial charge in [0.2, 0.25) is 0 Å². The predicted molar refractivity (Wildman–Crippen MR) is 93.9 cm³/mol. The Labute approximate surface area is 159 Å². The maximum absolute atomic E-state index is 13.5. The van der Waals surface area contributed by atoms with Gasteiger partial charge in [-0.15, -0.1) is 0 Å². The molecule has 1 saturated heterocycles. The fourth-order valence-corrected chi connectivity index (χ4v) is 3.79. The number of likely N-dealkylation sites (tertiary alicyclic amines) is 1. The molecule has 2 atom stereocenters. The average Bonchev–Trinajstić information content (AvgIpc) is 3.14. The van der Waals surface area contributed by atoms with Crippen LogP contribution in [0.1, 0.15) is 42.6 Å². The fraction of sp³-hybridized carbons (Fsp3) is 0.421. The van der Waals surface area contributed by atoms with Crippen LogP contribution in [0.15, 0.2) is 30.6 Å². The molecule has 3 heterocycles. The summed E-state index contributed by atoms with van der Waals surface area (Å²) < 4.78 is 54.7. The molecule has 0 aliphatic carbocycles. The van der Waals surface area contributed by atoms with Crippen molar-refractivity contribution in [1.82, 2.24) is 24.5 Å². The number of aromatic nitrogens is 4. The van der Waals surface area contributed by atoms with Crippen molar-refractivity contribution >= 4 is 5.78 Å². The summed E-state index contributed by atoms with van der Waals surface area (Å²) in [5, 5.41) is 4.15. The molecule has 4 rings (SSSR count). The van der Waals surface area contributed by atoms with Crippen molar-refractivity contribution in [3.05, 3.63) is 59.2 Å². The highest BCUT2D eigenvalue weighted by Crippen LogP contribution is 2.34. The number of alkyl halides is 2. The minimum atomic E-state index is -2.70. The maximum atomic E-state index is 13.5. The third-order valence-electron chi connectivity index (χ3n) is 5.34. The van der Waals surface area contributed by atoms with Crippen LogP contribution in [-0.4, -0.2) is 37.6 Å². The largest absolute Gasteiger partial charge is 0.298 e. The van der Waals surface area contributed by atoms with E-state index in [1.165, 1.54) is 23.0 Å². The summed E-state index contributed by atoms with van der Waals surface area (Å²) in [7, 11) is 0. The van der Waals surface area contributed by atoms with Gasteiger partial charge in [-0.25, -0.2) is 27.1 Å². The highest BCUT2D eigenvalue weighted by atomic mass is 19.3. The zero-order valence-electron chi connectivity index (χ0n) is 15.2. The standard InChI is InChI=1S/C19H19F4N5/c1-11-4-5-27(8-12-2-3-14(20)15(21)6-12)9-13(11)17-7-16(18(22)23)26-19-24-10-25-28(17)19/h2-3,6-7,10-11,13,18H,4-5,8-9H2,1H3/t11-,13+/m1/s1. The second kappa shape index (κ2) is 7.46. The number of fused-ring (bicyclic) bond motifs is 1. The van der Waals surface area contributed by atoms with Crippen molar-refractivity contribution in [2.45, 2.75) is 32.2 Å². The van der Waals surface area contributed by atoms with E-state index in [0.717, 1.165) is 19.0 Å². The van der Waals surface area contributed by atoms with Crippen molar-refractivity contribution in [3.63, 3.8) is 0 Å². The second-order valence-electron chi connectivity index (χ2n) is 7.23. The summed E-state index contributed by atoms with van der Waals surface area (Å²) in [4.78, 5) is 9.95. The molecular weight excluding hydrogens is 374 g/mol. The summed E-state index contributed by atoms with van der Waals surface area (Å²) in [5.74, 6) is -1.43. The first kappa shape index (κ1) is 18.8. The first-order valence-corrected chi connectivity index (χ1v) is 9.07. The fourth-order valence-electron chi connectivity index (χ4n) is 3.79. The average molecular weight is 393 g/mol. The van der Waals surface area contributed by atoms with E-state index in [2.05, 4.69) is 26.9 Å². The highest BCUT2D eigenvalue weighted by Gasteiger charge is 2.31. The summed E-state index contributed by atoms with van der Waals surface area (Å²) in [6.45, 7) is 3.89. The van der Waals surface area contributed by atoms with Gasteiger partial charge in [0.1, 0.15) is 12.0 Å². The van der Waals surface area contributed by atoms with Crippen molar-refractivity contribution in [3.8, 4) is 0 Å². The number of hydrogen-bond acceptors (Lipinski definition) is 4. The van der Waals surface area contributed by atoms with Crippen LogP contribution < -0.4 is 0 Å². The van der Waals surface area contributed by atoms with Crippen LogP contribution >= 0.6 is 0 Å². The van der Waals surface area contributed by atoms with Crippen molar-refractivity contribution in [2.75, 3.05) is 13.1 Å². The van der Waals surface area contributed by atoms with Gasteiger partial charge in [0.05, 0.1) is 5.69 Å². The minimum absolute atomic E-state index is 0.0660. The Kier molecular flexibility index (Phi) is 5.01. The van der Waals surface area contributed by atoms with Crippen LogP contribution in [0.25, 0.3) is 5.78 Å². The van der Waals surface area contributed by atoms with Crippen LogP contribution in [0.4, 0.5) is 17.6 Å². The van der Waals surface area contributed by atoms with Gasteiger partial charge >= 0.3 is 0 Å². The molecular formula is C19H19F4N5. The molecule has 0 spiro atoms. The Hall–Kier alpha value is -2.55. The summed E-state index contributed by atoms with van der Waals surface area (Å²) in [6, 6.07) is 5.27. The topological polar surface area (TPSA) is 46.3 Å². The molecule has 0 saturated carbocycles. The summed E-state index contributed by atoms with van der Waals surface area (Å²) in [5.41, 5.74) is 0.988. The molecule has 2 aromatic heterocycles. The molecule has 5 nitrogen and oxygen atoms in total. The molecule has 1 aliphatic rings. The molecule has 28 heavy (non-hydrogen) atoms. The third-order valence-corrected chi connectivity index (χ3v) is 5.34. The minimum Gasteiger partial charge on any atom is -0.298 e. The van der Waals surface area contributed by atoms with E-state index in [1.54, 1.807) is 6.07 Å². The van der Waals surface area contributed by atoms with Crippen LogP contribution in [0.2, 0.25) is 0 Å². The molecule has 148 valence electrons. The molecule has 1 fully saturated rings. The van der Waals surface area contributed by atoms with Gasteiger partial charge in [-0.1, -0.05) is 13.0 Å². The van der Waals surface area contributed by atoms with Gasteiger partial charge in [0.15, 0.2) is 11.6 Å². The zero-order valence-corrected chi connectivity index (χ0v) is 15.2. The number of halogens is 4. The molecule has 0 bridgehead atoms. The Bertz CT molecular complexity index is 990. The first-order chi connectivity index (χ1) is 13.4. The number of nitrogens with zero attached hydrogens (tertiary/aromatic N) is 5. The summed E-state index contributed by atoms with van der Waals surface area (Å²) in [6.07, 6.45) is -0.553. The number of benzene rings is 1. The van der Waals surface area contributed by atoms with Gasteiger partial charge in [0, 0.05) is 19.0 Å². The van der Waals surface area contributed by atoms with E-state index in [-0.39, 0.29) is 23.3 Å². The number of hydrogen-bond donors (Lipinski definition) is 0. The normalized spacial score (nSPS) is 20.9. The van der Waals surface area contributed by atoms with Crippen LogP contribution in [-0.2, 0) is 6.54 Å². The molecule has 1 aliphatic heterocycles. The lowest BCUT2D eigenvalue weighted by Crippen LogP contribution is -2.38. The lowest BCUT2D eigenvalue weighted by Gasteiger charge is -2.37. The van der Waals surface area contributed by atoms with Crippen LogP contribution in [0, 0.1) is 17.6 Å². The van der Waals surface area contributed by atoms with Crippen LogP contribution in [0.3, 0.4) is 0 Å². The molecule has 9 heteroatoms. The third kappa shape index (κ3) is 3.58. The van der Waals surface area contributed by atoms with Crippen LogP contribution in [0.5, 0.6) is 0 Å². The first-order valence-electron chi connectivity index (χ1n) is 9.07. The zero-order chi connectivity index (χ0) is 19.8. The Morgan fingerprint density at radius 3 is 2.75 bits per heavy atom. The molecule has 1 aromatic carbocycles. The quantitative estimate of drug-likeness (QED) is 0.630. The van der Waals surface area contributed by atoms with Crippen molar-refractivity contribution in [1.29, 1.82) is 0 Å². The van der Waals surface area contributed by atoms with E-state index in [0.29, 0.717) is 24.3 Å². The number of rotatable bonds is 4. The van der Waals surface area contributed by atoms with Crippen molar-refractivity contribution in [2.24, 2.45) is 5.92 Å². The van der Waals surface area contributed by atoms with Gasteiger partial charge in [0.25, 0.3) is 12.2 Å². The molecule has 0 N–H and O–H groups in total. The SMILES string of the molecule is C[C@@H]1CCN(Cc2ccc(F)c(F)c2)C[C@@H]1c1cc(C(F)F)nc2ncnn12. The Morgan fingerprint density at radius 1 is 1.18 bits per heavy atom. The lowest BCUT2D eigenvalue weighted by atomic mass is 9.84. The Balaban J connectivity index is 1.63. The van der Waals surface area contributed by atoms with E-state index < -0.39 is 18.1 Å². The second-order valence-corrected chi connectivity index (χ2v) is 7.23. The molecule has 0 unspecified atom stereocenters. The maximum Gasteiger partial charge on any atom is 0.280 e. The molecule has 0 radical (unpaired) electrons.